The van der Waals surface area contributed by atoms with Gasteiger partial charge >= 0.3 is 5.69 Å². The molecule has 4 heteroatoms. The van der Waals surface area contributed by atoms with Crippen LogP contribution in [0, 0.1) is 0 Å². The van der Waals surface area contributed by atoms with Crippen molar-refractivity contribution in [3.8, 4) is 17.0 Å². The van der Waals surface area contributed by atoms with Crippen molar-refractivity contribution in [2.75, 3.05) is 7.11 Å². The molecule has 1 aromatic carbocycles. The number of hydrogen-bond acceptors (Lipinski definition) is 3. The maximum atomic E-state index is 11.2. The monoisotopic (exact) mass is 244 g/mol. The zero-order valence-electron chi connectivity index (χ0n) is 10.7. The predicted octanol–water partition coefficient (Wildman–Crippen LogP) is 2.57. The molecule has 4 nitrogen and oxygen atoms in total. The standard InChI is InChI=1S/C14H16N2O2/c1-9(2)11-8-10(4-5-13(11)18-3)12-6-7-15-14(17)16-12/h4-9H,1-3H3,(H,15,16,17). The van der Waals surface area contributed by atoms with E-state index in [1.54, 1.807) is 13.2 Å². The van der Waals surface area contributed by atoms with E-state index in [0.29, 0.717) is 5.92 Å². The summed E-state index contributed by atoms with van der Waals surface area (Å²) in [4.78, 5) is 17.6. The highest BCUT2D eigenvalue weighted by Crippen LogP contribution is 2.30. The van der Waals surface area contributed by atoms with E-state index in [9.17, 15) is 4.79 Å². The molecule has 0 saturated carbocycles. The SMILES string of the molecule is COc1ccc(-c2ccnc(=O)[nH]2)cc1C(C)C. The first-order valence-electron chi connectivity index (χ1n) is 5.85. The molecule has 1 N–H and O–H groups in total. The normalized spacial score (nSPS) is 10.7. The van der Waals surface area contributed by atoms with Crippen molar-refractivity contribution in [2.45, 2.75) is 19.8 Å². The van der Waals surface area contributed by atoms with Gasteiger partial charge in [-0.1, -0.05) is 13.8 Å². The van der Waals surface area contributed by atoms with E-state index in [1.165, 1.54) is 6.20 Å². The van der Waals surface area contributed by atoms with Crippen LogP contribution in [0.5, 0.6) is 5.75 Å². The Kier molecular flexibility index (Phi) is 3.46. The van der Waals surface area contributed by atoms with E-state index < -0.39 is 0 Å². The molecule has 0 saturated heterocycles. The summed E-state index contributed by atoms with van der Waals surface area (Å²) in [7, 11) is 1.66. The summed E-state index contributed by atoms with van der Waals surface area (Å²) in [5.41, 5.74) is 2.50. The molecule has 0 unspecified atom stereocenters. The predicted molar refractivity (Wildman–Crippen MR) is 70.9 cm³/mol. The maximum absolute atomic E-state index is 11.2. The second kappa shape index (κ2) is 5.04. The summed E-state index contributed by atoms with van der Waals surface area (Å²) < 4.78 is 5.34. The number of benzene rings is 1. The van der Waals surface area contributed by atoms with Gasteiger partial charge in [0.15, 0.2) is 0 Å². The van der Waals surface area contributed by atoms with Crippen LogP contribution in [0.4, 0.5) is 0 Å². The van der Waals surface area contributed by atoms with Crippen LogP contribution in [0.15, 0.2) is 35.3 Å². The van der Waals surface area contributed by atoms with E-state index in [0.717, 1.165) is 22.6 Å². The molecule has 0 radical (unpaired) electrons. The molecule has 0 aliphatic carbocycles. The minimum Gasteiger partial charge on any atom is -0.496 e. The number of hydrogen-bond donors (Lipinski definition) is 1. The Labute approximate surface area is 106 Å². The Morgan fingerprint density at radius 1 is 1.28 bits per heavy atom. The fraction of sp³-hybridized carbons (Fsp3) is 0.286. The van der Waals surface area contributed by atoms with Gasteiger partial charge in [-0.25, -0.2) is 9.78 Å². The zero-order valence-corrected chi connectivity index (χ0v) is 10.7. The smallest absolute Gasteiger partial charge is 0.345 e. The van der Waals surface area contributed by atoms with Crippen LogP contribution in [0.2, 0.25) is 0 Å². The fourth-order valence-corrected chi connectivity index (χ4v) is 1.89. The van der Waals surface area contributed by atoms with Crippen LogP contribution >= 0.6 is 0 Å². The van der Waals surface area contributed by atoms with Crippen LogP contribution in [0.25, 0.3) is 11.3 Å². The third-order valence-corrected chi connectivity index (χ3v) is 2.84. The molecule has 2 aromatic rings. The second-order valence-corrected chi connectivity index (χ2v) is 4.40. The van der Waals surface area contributed by atoms with Crippen molar-refractivity contribution in [2.24, 2.45) is 0 Å². The van der Waals surface area contributed by atoms with Crippen molar-refractivity contribution in [1.29, 1.82) is 0 Å². The number of rotatable bonds is 3. The lowest BCUT2D eigenvalue weighted by atomic mass is 9.98. The number of ether oxygens (including phenoxy) is 1. The Balaban J connectivity index is 2.53. The van der Waals surface area contributed by atoms with Crippen molar-refractivity contribution in [3.63, 3.8) is 0 Å². The Morgan fingerprint density at radius 2 is 2.06 bits per heavy atom. The summed E-state index contributed by atoms with van der Waals surface area (Å²) in [6, 6.07) is 7.67. The van der Waals surface area contributed by atoms with Crippen LogP contribution in [-0.2, 0) is 0 Å². The molecule has 18 heavy (non-hydrogen) atoms. The number of nitrogens with one attached hydrogen (secondary N) is 1. The van der Waals surface area contributed by atoms with E-state index in [1.807, 2.05) is 18.2 Å². The van der Waals surface area contributed by atoms with Gasteiger partial charge in [0, 0.05) is 6.20 Å². The van der Waals surface area contributed by atoms with Crippen LogP contribution < -0.4 is 10.4 Å². The molecule has 1 heterocycles. The second-order valence-electron chi connectivity index (χ2n) is 4.40. The third-order valence-electron chi connectivity index (χ3n) is 2.84. The van der Waals surface area contributed by atoms with Crippen LogP contribution in [0.1, 0.15) is 25.3 Å². The van der Waals surface area contributed by atoms with Gasteiger partial charge in [-0.05, 0) is 41.3 Å². The average molecular weight is 244 g/mol. The van der Waals surface area contributed by atoms with Crippen molar-refractivity contribution < 1.29 is 4.74 Å². The molecule has 0 bridgehead atoms. The van der Waals surface area contributed by atoms with Crippen molar-refractivity contribution in [3.05, 3.63) is 46.5 Å². The first-order valence-corrected chi connectivity index (χ1v) is 5.85. The lowest BCUT2D eigenvalue weighted by Gasteiger charge is -2.13. The molecule has 2 rings (SSSR count). The lowest BCUT2D eigenvalue weighted by molar-refractivity contribution is 0.407. The Hall–Kier alpha value is -2.10. The number of aromatic nitrogens is 2. The Morgan fingerprint density at radius 3 is 2.67 bits per heavy atom. The quantitative estimate of drug-likeness (QED) is 0.902. The first kappa shape index (κ1) is 12.4. The largest absolute Gasteiger partial charge is 0.496 e. The molecule has 0 aliphatic rings. The molecule has 0 aliphatic heterocycles. The summed E-state index contributed by atoms with van der Waals surface area (Å²) in [5.74, 6) is 1.22. The summed E-state index contributed by atoms with van der Waals surface area (Å²) >= 11 is 0. The van der Waals surface area contributed by atoms with Crippen LogP contribution in [-0.4, -0.2) is 17.1 Å². The van der Waals surface area contributed by atoms with Crippen molar-refractivity contribution >= 4 is 0 Å². The number of H-pyrrole nitrogens is 1. The van der Waals surface area contributed by atoms with E-state index in [-0.39, 0.29) is 5.69 Å². The Bertz CT molecular complexity index is 603. The maximum Gasteiger partial charge on any atom is 0.345 e. The molecule has 0 amide bonds. The van der Waals surface area contributed by atoms with Gasteiger partial charge < -0.3 is 9.72 Å². The lowest BCUT2D eigenvalue weighted by Crippen LogP contribution is -2.09. The number of aromatic amines is 1. The fourth-order valence-electron chi connectivity index (χ4n) is 1.89. The molecular formula is C14H16N2O2. The molecule has 0 atom stereocenters. The van der Waals surface area contributed by atoms with Gasteiger partial charge in [0.1, 0.15) is 5.75 Å². The van der Waals surface area contributed by atoms with E-state index in [4.69, 9.17) is 4.74 Å². The molecular weight excluding hydrogens is 228 g/mol. The highest BCUT2D eigenvalue weighted by molar-refractivity contribution is 5.62. The van der Waals surface area contributed by atoms with Gasteiger partial charge in [0.05, 0.1) is 12.8 Å². The molecule has 0 spiro atoms. The third kappa shape index (κ3) is 2.42. The van der Waals surface area contributed by atoms with E-state index in [2.05, 4.69) is 23.8 Å². The van der Waals surface area contributed by atoms with Crippen LogP contribution in [0.3, 0.4) is 0 Å². The number of methoxy groups -OCH3 is 1. The van der Waals surface area contributed by atoms with E-state index >= 15 is 0 Å². The molecule has 1 aromatic heterocycles. The van der Waals surface area contributed by atoms with Gasteiger partial charge in [-0.2, -0.15) is 0 Å². The molecule has 94 valence electrons. The minimum absolute atomic E-state index is 0.339. The molecule has 0 fully saturated rings. The summed E-state index contributed by atoms with van der Waals surface area (Å²) in [6.07, 6.45) is 1.51. The van der Waals surface area contributed by atoms with Crippen molar-refractivity contribution in [1.82, 2.24) is 9.97 Å². The topological polar surface area (TPSA) is 55.0 Å². The summed E-state index contributed by atoms with van der Waals surface area (Å²) in [6.45, 7) is 4.22. The van der Waals surface area contributed by atoms with Gasteiger partial charge in [0.25, 0.3) is 0 Å². The average Bonchev–Trinajstić information content (AvgIpc) is 2.38. The first-order chi connectivity index (χ1) is 8.61. The van der Waals surface area contributed by atoms with Gasteiger partial charge in [-0.15, -0.1) is 0 Å². The highest BCUT2D eigenvalue weighted by atomic mass is 16.5. The van der Waals surface area contributed by atoms with Gasteiger partial charge in [-0.3, -0.25) is 0 Å². The van der Waals surface area contributed by atoms with Gasteiger partial charge in [0.2, 0.25) is 0 Å². The number of nitrogens with zero attached hydrogens (tertiary/aromatic N) is 1. The minimum atomic E-state index is -0.339. The highest BCUT2D eigenvalue weighted by Gasteiger charge is 2.09. The summed E-state index contributed by atoms with van der Waals surface area (Å²) in [5, 5.41) is 0. The zero-order chi connectivity index (χ0) is 13.1.